The topological polar surface area (TPSA) is 59.5 Å². The van der Waals surface area contributed by atoms with Gasteiger partial charge in [-0.15, -0.1) is 0 Å². The molecule has 3 rings (SSSR count). The Morgan fingerprint density at radius 3 is 1.93 bits per heavy atom. The molecule has 1 amide bonds. The van der Waals surface area contributed by atoms with Crippen LogP contribution in [0.3, 0.4) is 0 Å². The van der Waals surface area contributed by atoms with Gasteiger partial charge in [0.25, 0.3) is 5.91 Å². The molecule has 0 fully saturated rings. The number of nitrogens with zero attached hydrogens (tertiary/aromatic N) is 2. The zero-order valence-electron chi connectivity index (χ0n) is 16.6. The van der Waals surface area contributed by atoms with E-state index in [1.165, 1.54) is 6.20 Å². The van der Waals surface area contributed by atoms with Crippen LogP contribution >= 0.6 is 0 Å². The van der Waals surface area contributed by atoms with Crippen molar-refractivity contribution in [3.63, 3.8) is 0 Å². The van der Waals surface area contributed by atoms with Gasteiger partial charge in [-0.3, -0.25) is 9.78 Å². The van der Waals surface area contributed by atoms with Crippen molar-refractivity contribution in [2.75, 3.05) is 0 Å². The Kier molecular flexibility index (Phi) is 6.74. The summed E-state index contributed by atoms with van der Waals surface area (Å²) in [6.45, 7) is 4.31. The maximum Gasteiger partial charge on any atom is 0.340 e. The summed E-state index contributed by atoms with van der Waals surface area (Å²) in [6, 6.07) is 22.9. The van der Waals surface area contributed by atoms with Gasteiger partial charge in [0.05, 0.1) is 5.56 Å². The number of aryl methyl sites for hydroxylation is 1. The molecule has 0 saturated carbocycles. The molecule has 5 heteroatoms. The fraction of sp³-hybridized carbons (Fsp3) is 0.208. The van der Waals surface area contributed by atoms with E-state index in [0.29, 0.717) is 18.7 Å². The van der Waals surface area contributed by atoms with E-state index >= 15 is 0 Å². The molecule has 1 aromatic heterocycles. The highest BCUT2D eigenvalue weighted by Crippen LogP contribution is 2.14. The van der Waals surface area contributed by atoms with Crippen molar-refractivity contribution in [2.45, 2.75) is 33.0 Å². The average Bonchev–Trinajstić information content (AvgIpc) is 2.74. The van der Waals surface area contributed by atoms with E-state index in [-0.39, 0.29) is 5.91 Å². The van der Waals surface area contributed by atoms with Gasteiger partial charge in [0, 0.05) is 25.0 Å². The van der Waals surface area contributed by atoms with Crippen LogP contribution in [0.5, 0.6) is 0 Å². The maximum atomic E-state index is 13.1. The first-order chi connectivity index (χ1) is 14.0. The molecule has 0 bridgehead atoms. The number of hydrogen-bond acceptors (Lipinski definition) is 4. The van der Waals surface area contributed by atoms with Crippen LogP contribution in [-0.4, -0.2) is 27.9 Å². The second-order valence-electron chi connectivity index (χ2n) is 6.90. The molecule has 0 N–H and O–H groups in total. The lowest BCUT2D eigenvalue weighted by atomic mass is 10.1. The third kappa shape index (κ3) is 5.75. The lowest BCUT2D eigenvalue weighted by molar-refractivity contribution is -0.141. The van der Waals surface area contributed by atoms with Crippen molar-refractivity contribution in [1.82, 2.24) is 9.88 Å². The summed E-state index contributed by atoms with van der Waals surface area (Å²) in [6.07, 6.45) is 0.553. The Bertz CT molecular complexity index is 899. The van der Waals surface area contributed by atoms with Gasteiger partial charge in [-0.1, -0.05) is 60.7 Å². The number of aromatic nitrogens is 1. The van der Waals surface area contributed by atoms with E-state index < -0.39 is 12.1 Å². The summed E-state index contributed by atoms with van der Waals surface area (Å²) in [4.78, 5) is 31.3. The Labute approximate surface area is 171 Å². The fourth-order valence-corrected chi connectivity index (χ4v) is 2.94. The zero-order chi connectivity index (χ0) is 20.6. The van der Waals surface area contributed by atoms with Crippen molar-refractivity contribution in [2.24, 2.45) is 0 Å². The second kappa shape index (κ2) is 9.64. The molecular formula is C24H24N2O3. The van der Waals surface area contributed by atoms with Gasteiger partial charge >= 0.3 is 5.97 Å². The Morgan fingerprint density at radius 1 is 0.897 bits per heavy atom. The van der Waals surface area contributed by atoms with Gasteiger partial charge in [-0.25, -0.2) is 4.79 Å². The van der Waals surface area contributed by atoms with Crippen molar-refractivity contribution in [3.8, 4) is 0 Å². The minimum Gasteiger partial charge on any atom is -0.449 e. The number of carbonyl (C=O) groups is 2. The summed E-state index contributed by atoms with van der Waals surface area (Å²) in [5.74, 6) is -0.802. The lowest BCUT2D eigenvalue weighted by Gasteiger charge is -2.26. The summed E-state index contributed by atoms with van der Waals surface area (Å²) in [7, 11) is 0. The van der Waals surface area contributed by atoms with Gasteiger partial charge in [0.15, 0.2) is 6.10 Å². The zero-order valence-corrected chi connectivity index (χ0v) is 16.6. The molecular weight excluding hydrogens is 364 g/mol. The largest absolute Gasteiger partial charge is 0.449 e. The van der Waals surface area contributed by atoms with Crippen LogP contribution in [0.4, 0.5) is 0 Å². The monoisotopic (exact) mass is 388 g/mol. The maximum absolute atomic E-state index is 13.1. The summed E-state index contributed by atoms with van der Waals surface area (Å²) in [5.41, 5.74) is 3.16. The van der Waals surface area contributed by atoms with Crippen molar-refractivity contribution < 1.29 is 14.3 Å². The number of esters is 1. The number of ether oxygens (including phenoxy) is 1. The van der Waals surface area contributed by atoms with Crippen LogP contribution in [0.1, 0.15) is 34.1 Å². The Balaban J connectivity index is 1.73. The van der Waals surface area contributed by atoms with Crippen LogP contribution in [0, 0.1) is 6.92 Å². The molecule has 0 aliphatic heterocycles. The molecule has 0 saturated heterocycles. The van der Waals surface area contributed by atoms with Crippen LogP contribution in [0.25, 0.3) is 0 Å². The van der Waals surface area contributed by atoms with E-state index in [1.54, 1.807) is 24.0 Å². The summed E-state index contributed by atoms with van der Waals surface area (Å²) in [5, 5.41) is 0. The van der Waals surface area contributed by atoms with Crippen LogP contribution in [0.15, 0.2) is 79.0 Å². The smallest absolute Gasteiger partial charge is 0.340 e. The second-order valence-corrected chi connectivity index (χ2v) is 6.90. The molecule has 148 valence electrons. The predicted octanol–water partition coefficient (Wildman–Crippen LogP) is 4.16. The van der Waals surface area contributed by atoms with E-state index in [1.807, 2.05) is 67.6 Å². The molecule has 1 heterocycles. The minimum atomic E-state index is -0.906. The van der Waals surface area contributed by atoms with E-state index in [4.69, 9.17) is 4.74 Å². The van der Waals surface area contributed by atoms with E-state index in [2.05, 4.69) is 4.98 Å². The van der Waals surface area contributed by atoms with Crippen molar-refractivity contribution in [1.29, 1.82) is 0 Å². The normalized spacial score (nSPS) is 11.5. The SMILES string of the molecule is Cc1ccc(C(=O)OC(C)C(=O)N(Cc2ccccc2)Cc2ccccc2)cn1. The first kappa shape index (κ1) is 20.3. The molecule has 0 aliphatic carbocycles. The van der Waals surface area contributed by atoms with Crippen LogP contribution < -0.4 is 0 Å². The predicted molar refractivity (Wildman–Crippen MR) is 111 cm³/mol. The third-order valence-corrected chi connectivity index (χ3v) is 4.52. The van der Waals surface area contributed by atoms with Crippen molar-refractivity contribution in [3.05, 3.63) is 101 Å². The van der Waals surface area contributed by atoms with Crippen molar-refractivity contribution >= 4 is 11.9 Å². The Morgan fingerprint density at radius 2 is 1.45 bits per heavy atom. The average molecular weight is 388 g/mol. The number of rotatable bonds is 7. The first-order valence-corrected chi connectivity index (χ1v) is 9.53. The number of amides is 1. The molecule has 3 aromatic rings. The quantitative estimate of drug-likeness (QED) is 0.570. The number of benzene rings is 2. The highest BCUT2D eigenvalue weighted by Gasteiger charge is 2.25. The molecule has 5 nitrogen and oxygen atoms in total. The molecule has 0 aliphatic rings. The fourth-order valence-electron chi connectivity index (χ4n) is 2.94. The van der Waals surface area contributed by atoms with Gasteiger partial charge in [-0.05, 0) is 37.1 Å². The molecule has 0 spiro atoms. The summed E-state index contributed by atoms with van der Waals surface area (Å²) >= 11 is 0. The molecule has 1 unspecified atom stereocenters. The molecule has 2 aromatic carbocycles. The van der Waals surface area contributed by atoms with Gasteiger partial charge < -0.3 is 9.64 Å². The van der Waals surface area contributed by atoms with Gasteiger partial charge in [-0.2, -0.15) is 0 Å². The number of hydrogen-bond donors (Lipinski definition) is 0. The first-order valence-electron chi connectivity index (χ1n) is 9.53. The third-order valence-electron chi connectivity index (χ3n) is 4.52. The lowest BCUT2D eigenvalue weighted by Crippen LogP contribution is -2.39. The van der Waals surface area contributed by atoms with E-state index in [9.17, 15) is 9.59 Å². The van der Waals surface area contributed by atoms with Crippen LogP contribution in [-0.2, 0) is 22.6 Å². The molecule has 29 heavy (non-hydrogen) atoms. The number of pyridine rings is 1. The standard InChI is InChI=1S/C24H24N2O3/c1-18-13-14-22(15-25-18)24(28)29-19(2)23(27)26(16-20-9-5-3-6-10-20)17-21-11-7-4-8-12-21/h3-15,19H,16-17H2,1-2H3. The molecule has 0 radical (unpaired) electrons. The molecule has 1 atom stereocenters. The van der Waals surface area contributed by atoms with Crippen LogP contribution in [0.2, 0.25) is 0 Å². The Hall–Kier alpha value is -3.47. The van der Waals surface area contributed by atoms with Gasteiger partial charge in [0.2, 0.25) is 0 Å². The summed E-state index contributed by atoms with van der Waals surface area (Å²) < 4.78 is 5.42. The number of carbonyl (C=O) groups excluding carboxylic acids is 2. The van der Waals surface area contributed by atoms with E-state index in [0.717, 1.165) is 16.8 Å². The highest BCUT2D eigenvalue weighted by molar-refractivity contribution is 5.92. The highest BCUT2D eigenvalue weighted by atomic mass is 16.5. The minimum absolute atomic E-state index is 0.244. The van der Waals surface area contributed by atoms with Gasteiger partial charge in [0.1, 0.15) is 0 Å².